The van der Waals surface area contributed by atoms with Gasteiger partial charge in [0.15, 0.2) is 0 Å². The highest BCUT2D eigenvalue weighted by Crippen LogP contribution is 2.03. The summed E-state index contributed by atoms with van der Waals surface area (Å²) in [5, 5.41) is 6.11. The first-order valence-electron chi connectivity index (χ1n) is 7.27. The molecule has 1 aromatic rings. The van der Waals surface area contributed by atoms with E-state index in [9.17, 15) is 4.79 Å². The number of unbranched alkanes of at least 4 members (excludes halogenated alkanes) is 1. The van der Waals surface area contributed by atoms with E-state index in [-0.39, 0.29) is 36.8 Å². The van der Waals surface area contributed by atoms with Crippen molar-refractivity contribution in [3.8, 4) is 0 Å². The van der Waals surface area contributed by atoms with Gasteiger partial charge in [-0.05, 0) is 37.3 Å². The Bertz CT molecular complexity index is 390. The Balaban J connectivity index is 0. The van der Waals surface area contributed by atoms with Gasteiger partial charge in [-0.25, -0.2) is 4.98 Å². The number of rotatable bonds is 9. The molecule has 0 saturated heterocycles. The number of carbonyl (C=O) groups is 1. The third kappa shape index (κ3) is 10.7. The quantitative estimate of drug-likeness (QED) is 0.598. The van der Waals surface area contributed by atoms with Gasteiger partial charge in [0, 0.05) is 19.3 Å². The van der Waals surface area contributed by atoms with Crippen LogP contribution in [0.1, 0.15) is 33.1 Å². The average Bonchev–Trinajstić information content (AvgIpc) is 2.42. The molecule has 128 valence electrons. The first kappa shape index (κ1) is 23.2. The minimum absolute atomic E-state index is 0. The number of hydrogen-bond acceptors (Lipinski definition) is 4. The Hall–Kier alpha value is -1.04. The van der Waals surface area contributed by atoms with Crippen molar-refractivity contribution in [1.82, 2.24) is 10.3 Å². The van der Waals surface area contributed by atoms with Gasteiger partial charge in [-0.1, -0.05) is 19.9 Å². The summed E-state index contributed by atoms with van der Waals surface area (Å²) in [7, 11) is 0. The molecule has 0 aliphatic carbocycles. The maximum Gasteiger partial charge on any atom is 0.236 e. The SMILES string of the molecule is CC(C)C[C@H](N)C(=O)NCCCCNc1ccccn1.Cl.Cl. The molecule has 1 rings (SSSR count). The zero-order valence-corrected chi connectivity index (χ0v) is 14.9. The van der Waals surface area contributed by atoms with Crippen LogP contribution in [0.25, 0.3) is 0 Å². The largest absolute Gasteiger partial charge is 0.370 e. The molecule has 0 unspecified atom stereocenters. The standard InChI is InChI=1S/C15H26N4O.2ClH/c1-12(2)11-13(16)15(20)19-10-6-5-9-18-14-7-3-4-8-17-14;;/h3-4,7-8,12-13H,5-6,9-11,16H2,1-2H3,(H,17,18)(H,19,20);2*1H/t13-;;/m0../s1. The Morgan fingerprint density at radius 3 is 2.50 bits per heavy atom. The molecule has 1 amide bonds. The van der Waals surface area contributed by atoms with E-state index >= 15 is 0 Å². The Kier molecular flexibility index (Phi) is 14.4. The van der Waals surface area contributed by atoms with Gasteiger partial charge in [0.1, 0.15) is 5.82 Å². The van der Waals surface area contributed by atoms with Gasteiger partial charge in [0.25, 0.3) is 0 Å². The lowest BCUT2D eigenvalue weighted by molar-refractivity contribution is -0.122. The highest BCUT2D eigenvalue weighted by atomic mass is 35.5. The van der Waals surface area contributed by atoms with Crippen LogP contribution in [-0.4, -0.2) is 30.0 Å². The van der Waals surface area contributed by atoms with Gasteiger partial charge in [-0.3, -0.25) is 4.79 Å². The summed E-state index contributed by atoms with van der Waals surface area (Å²) in [6, 6.07) is 5.39. The van der Waals surface area contributed by atoms with Crippen molar-refractivity contribution in [2.75, 3.05) is 18.4 Å². The van der Waals surface area contributed by atoms with Crippen LogP contribution >= 0.6 is 24.8 Å². The monoisotopic (exact) mass is 350 g/mol. The summed E-state index contributed by atoms with van der Waals surface area (Å²) in [4.78, 5) is 15.8. The molecule has 0 aromatic carbocycles. The second-order valence-electron chi connectivity index (χ2n) is 5.38. The van der Waals surface area contributed by atoms with Crippen molar-refractivity contribution in [2.45, 2.75) is 39.2 Å². The fourth-order valence-electron chi connectivity index (χ4n) is 1.89. The highest BCUT2D eigenvalue weighted by Gasteiger charge is 2.13. The smallest absolute Gasteiger partial charge is 0.236 e. The lowest BCUT2D eigenvalue weighted by Crippen LogP contribution is -2.41. The maximum absolute atomic E-state index is 11.7. The first-order chi connectivity index (χ1) is 9.59. The van der Waals surface area contributed by atoms with Gasteiger partial charge in [-0.2, -0.15) is 0 Å². The molecule has 1 aromatic heterocycles. The lowest BCUT2D eigenvalue weighted by Gasteiger charge is -2.14. The molecule has 0 saturated carbocycles. The number of carbonyl (C=O) groups excluding carboxylic acids is 1. The van der Waals surface area contributed by atoms with Gasteiger partial charge >= 0.3 is 0 Å². The molecule has 1 heterocycles. The summed E-state index contributed by atoms with van der Waals surface area (Å²) >= 11 is 0. The molecule has 0 radical (unpaired) electrons. The normalized spacial score (nSPS) is 11.1. The number of nitrogens with one attached hydrogen (secondary N) is 2. The molecule has 0 aliphatic rings. The van der Waals surface area contributed by atoms with E-state index in [0.717, 1.165) is 31.6 Å². The van der Waals surface area contributed by atoms with E-state index in [4.69, 9.17) is 5.73 Å². The number of halogens is 2. The first-order valence-corrected chi connectivity index (χ1v) is 7.27. The van der Waals surface area contributed by atoms with Crippen molar-refractivity contribution < 1.29 is 4.79 Å². The highest BCUT2D eigenvalue weighted by molar-refractivity contribution is 5.85. The van der Waals surface area contributed by atoms with Gasteiger partial charge in [0.2, 0.25) is 5.91 Å². The number of anilines is 1. The molecule has 0 aliphatic heterocycles. The summed E-state index contributed by atoms with van der Waals surface area (Å²) in [6.45, 7) is 5.66. The van der Waals surface area contributed by atoms with Crippen molar-refractivity contribution in [2.24, 2.45) is 11.7 Å². The number of nitrogens with two attached hydrogens (primary N) is 1. The van der Waals surface area contributed by atoms with E-state index in [2.05, 4.69) is 29.5 Å². The van der Waals surface area contributed by atoms with Crippen LogP contribution in [0.3, 0.4) is 0 Å². The van der Waals surface area contributed by atoms with Crippen LogP contribution in [0.15, 0.2) is 24.4 Å². The molecule has 0 spiro atoms. The van der Waals surface area contributed by atoms with Gasteiger partial charge < -0.3 is 16.4 Å². The Morgan fingerprint density at radius 2 is 1.91 bits per heavy atom. The van der Waals surface area contributed by atoms with Gasteiger partial charge in [-0.15, -0.1) is 24.8 Å². The summed E-state index contributed by atoms with van der Waals surface area (Å²) < 4.78 is 0. The second kappa shape index (κ2) is 13.6. The number of aromatic nitrogens is 1. The van der Waals surface area contributed by atoms with Crippen LogP contribution in [0, 0.1) is 5.92 Å². The lowest BCUT2D eigenvalue weighted by atomic mass is 10.0. The summed E-state index contributed by atoms with van der Waals surface area (Å²) in [5.41, 5.74) is 5.80. The van der Waals surface area contributed by atoms with E-state index < -0.39 is 0 Å². The molecule has 4 N–H and O–H groups in total. The molecular weight excluding hydrogens is 323 g/mol. The van der Waals surface area contributed by atoms with E-state index in [1.807, 2.05) is 18.2 Å². The molecular formula is C15H28Cl2N4O. The minimum Gasteiger partial charge on any atom is -0.370 e. The molecule has 7 heteroatoms. The predicted molar refractivity (Wildman–Crippen MR) is 96.9 cm³/mol. The average molecular weight is 351 g/mol. The summed E-state index contributed by atoms with van der Waals surface area (Å²) in [5.74, 6) is 1.28. The fraction of sp³-hybridized carbons (Fsp3) is 0.600. The third-order valence-corrected chi connectivity index (χ3v) is 2.94. The zero-order chi connectivity index (χ0) is 14.8. The molecule has 1 atom stereocenters. The fourth-order valence-corrected chi connectivity index (χ4v) is 1.89. The van der Waals surface area contributed by atoms with E-state index in [1.54, 1.807) is 6.20 Å². The molecule has 22 heavy (non-hydrogen) atoms. The summed E-state index contributed by atoms with van der Waals surface area (Å²) in [6.07, 6.45) is 4.40. The number of pyridine rings is 1. The minimum atomic E-state index is -0.387. The third-order valence-electron chi connectivity index (χ3n) is 2.94. The van der Waals surface area contributed by atoms with Gasteiger partial charge in [0.05, 0.1) is 6.04 Å². The topological polar surface area (TPSA) is 80.0 Å². The second-order valence-corrected chi connectivity index (χ2v) is 5.38. The zero-order valence-electron chi connectivity index (χ0n) is 13.2. The molecule has 0 bridgehead atoms. The van der Waals surface area contributed by atoms with Crippen LogP contribution in [0.5, 0.6) is 0 Å². The van der Waals surface area contributed by atoms with Crippen LogP contribution in [0.4, 0.5) is 5.82 Å². The maximum atomic E-state index is 11.7. The van der Waals surface area contributed by atoms with Crippen molar-refractivity contribution in [1.29, 1.82) is 0 Å². The van der Waals surface area contributed by atoms with Crippen molar-refractivity contribution in [3.05, 3.63) is 24.4 Å². The molecule has 0 fully saturated rings. The number of nitrogens with zero attached hydrogens (tertiary/aromatic N) is 1. The Labute approximate surface area is 145 Å². The van der Waals surface area contributed by atoms with E-state index in [0.29, 0.717) is 12.5 Å². The predicted octanol–water partition coefficient (Wildman–Crippen LogP) is 2.61. The number of amides is 1. The van der Waals surface area contributed by atoms with Crippen molar-refractivity contribution in [3.63, 3.8) is 0 Å². The van der Waals surface area contributed by atoms with Crippen LogP contribution < -0.4 is 16.4 Å². The number of hydrogen-bond donors (Lipinski definition) is 3. The van der Waals surface area contributed by atoms with Crippen molar-refractivity contribution >= 4 is 36.5 Å². The van der Waals surface area contributed by atoms with Crippen LogP contribution in [-0.2, 0) is 4.79 Å². The van der Waals surface area contributed by atoms with E-state index in [1.165, 1.54) is 0 Å². The van der Waals surface area contributed by atoms with Crippen LogP contribution in [0.2, 0.25) is 0 Å². The Morgan fingerprint density at radius 1 is 1.23 bits per heavy atom. The molecule has 5 nitrogen and oxygen atoms in total.